The number of allylic oxidation sites excluding steroid dienone is 2. The van der Waals surface area contributed by atoms with Crippen LogP contribution in [0.25, 0.3) is 27.9 Å². The number of aliphatic hydroxyl groups excluding tert-OH is 2. The minimum absolute atomic E-state index is 0.173. The van der Waals surface area contributed by atoms with Crippen LogP contribution in [-0.2, 0) is 92.7 Å². The van der Waals surface area contributed by atoms with Crippen molar-refractivity contribution in [3.8, 4) is 5.75 Å². The Morgan fingerprint density at radius 1 is 0.634 bits per heavy atom. The minimum atomic E-state index is -2.70. The number of H-pyrrole nitrogens is 2. The highest BCUT2D eigenvalue weighted by Gasteiger charge is 2.41. The number of carbonyl (C=O) groups excluding carboxylic acids is 13. The molecular weight excluding hydrogens is 1470 g/mol. The number of ether oxygens (including phenoxy) is 1. The Hall–Kier alpha value is -12.5. The predicted octanol–water partition coefficient (Wildman–Crippen LogP) is 0.989. The van der Waals surface area contributed by atoms with Crippen LogP contribution in [-0.4, -0.2) is 208 Å². The molecule has 0 spiro atoms. The molecule has 2 aromatic heterocycles. The van der Waals surface area contributed by atoms with E-state index in [-0.39, 0.29) is 16.7 Å². The molecule has 1 fully saturated rings. The first-order chi connectivity index (χ1) is 53.1. The molecule has 9 amide bonds. The number of Topliss-reactive ketones (excluding diaryl/α,β-unsaturated/α-hetero) is 2. The summed E-state index contributed by atoms with van der Waals surface area (Å²) < 4.78 is 5.95. The fourth-order valence-corrected chi connectivity index (χ4v) is 12.2. The van der Waals surface area contributed by atoms with E-state index in [1.54, 1.807) is 54.6 Å². The van der Waals surface area contributed by atoms with Crippen molar-refractivity contribution < 1.29 is 122 Å². The van der Waals surface area contributed by atoms with E-state index >= 15 is 14.4 Å². The van der Waals surface area contributed by atoms with E-state index in [9.17, 15) is 103 Å². The van der Waals surface area contributed by atoms with Crippen molar-refractivity contribution >= 4 is 128 Å². The molecule has 3 heterocycles. The second-order valence-electron chi connectivity index (χ2n) is 27.4. The van der Waals surface area contributed by atoms with Crippen molar-refractivity contribution in [1.82, 2.24) is 52.5 Å². The van der Waals surface area contributed by atoms with Gasteiger partial charge in [-0.05, 0) is 79.6 Å². The van der Waals surface area contributed by atoms with Crippen molar-refractivity contribution in [3.63, 3.8) is 0 Å². The van der Waals surface area contributed by atoms with E-state index in [0.717, 1.165) is 75.8 Å². The molecule has 0 aliphatic carbocycles. The highest BCUT2D eigenvalue weighted by atomic mass is 16.5. The van der Waals surface area contributed by atoms with Crippen LogP contribution < -0.4 is 48.3 Å². The smallest absolute Gasteiger partial charge is 0.334 e. The number of aliphatic hydroxyl groups is 2. The highest BCUT2D eigenvalue weighted by molar-refractivity contribution is 6.06. The van der Waals surface area contributed by atoms with E-state index < -0.39 is 249 Å². The molecule has 1 aliphatic rings. The lowest BCUT2D eigenvalue weighted by atomic mass is 9.92. The van der Waals surface area contributed by atoms with Gasteiger partial charge < -0.3 is 98.7 Å². The van der Waals surface area contributed by atoms with Crippen LogP contribution in [0.2, 0.25) is 0 Å². The number of nitrogens with one attached hydrogen (secondary N) is 10. The number of carboxylic acids is 4. The summed E-state index contributed by atoms with van der Waals surface area (Å²) in [6, 6.07) is 1.70. The van der Waals surface area contributed by atoms with Gasteiger partial charge in [0.15, 0.2) is 23.5 Å². The van der Waals surface area contributed by atoms with E-state index in [4.69, 9.17) is 10.5 Å². The zero-order valence-corrected chi connectivity index (χ0v) is 61.5. The second kappa shape index (κ2) is 43.1. The molecule has 6 rings (SSSR count). The minimum Gasteiger partial charge on any atom is -0.508 e. The number of rotatable bonds is 29. The Balaban J connectivity index is 1.52. The number of ketones is 3. The molecule has 0 unspecified atom stereocenters. The number of fused-ring (bicyclic) bond motifs is 2. The van der Waals surface area contributed by atoms with Crippen LogP contribution in [0, 0.1) is 17.8 Å². The number of aromatic hydroxyl groups is 1. The number of aliphatic carboxylic acids is 4. The highest BCUT2D eigenvalue weighted by Crippen LogP contribution is 2.27. The Morgan fingerprint density at radius 3 is 1.88 bits per heavy atom. The average Bonchev–Trinajstić information content (AvgIpc) is 1.78. The summed E-state index contributed by atoms with van der Waals surface area (Å²) in [7, 11) is 0. The number of benzene rings is 3. The summed E-state index contributed by atoms with van der Waals surface area (Å²) in [6.07, 6.45) is -0.921. The SMILES string of the molecule is CC(C)CCCCCCC/C=C/C(=O)C[C@@H](CO)C(=O)N[C@@H]1C(=O)N[C@H](Cc2c[nH]c3ccccc23)C(=O)N[C@@H](CC(=O)O)C(=O)C[C@@H](CC(=O)O)C(=O)N[C@H](c2ccc(O)cc2)C(=O)N[C@@H](CC(=O)O)C(=O)NCC(=O)N[C@H]([C@H](O)C(N)=O)C(=O)N[C@H](CCC(=O)O)C(=O)C/C(=C\c2c[nH]c3ccccc23)C(=O)O[C@@H]1C. The van der Waals surface area contributed by atoms with Gasteiger partial charge in [0.05, 0.1) is 56.3 Å². The Morgan fingerprint density at radius 2 is 1.23 bits per heavy atom. The van der Waals surface area contributed by atoms with Gasteiger partial charge in [-0.15, -0.1) is 0 Å². The van der Waals surface area contributed by atoms with Crippen molar-refractivity contribution in [2.24, 2.45) is 23.5 Å². The van der Waals surface area contributed by atoms with Gasteiger partial charge >= 0.3 is 29.8 Å². The first-order valence-electron chi connectivity index (χ1n) is 36.0. The van der Waals surface area contributed by atoms with Crippen molar-refractivity contribution in [1.29, 1.82) is 0 Å². The topological polar surface area (TPSA) is 595 Å². The fourth-order valence-electron chi connectivity index (χ4n) is 12.2. The number of cyclic esters (lactones) is 1. The van der Waals surface area contributed by atoms with Crippen LogP contribution in [0.4, 0.5) is 0 Å². The summed E-state index contributed by atoms with van der Waals surface area (Å²) >= 11 is 0. The number of aromatic nitrogens is 2. The molecule has 0 bridgehead atoms. The molecule has 19 N–H and O–H groups in total. The normalized spacial score (nSPS) is 21.7. The lowest BCUT2D eigenvalue weighted by molar-refractivity contribution is -0.150. The molecular formula is C76H93N11O25. The van der Waals surface area contributed by atoms with Crippen LogP contribution in [0.1, 0.15) is 140 Å². The molecule has 3 aromatic carbocycles. The summed E-state index contributed by atoms with van der Waals surface area (Å²) in [5.74, 6) is -28.4. The first kappa shape index (κ1) is 88.4. The van der Waals surface area contributed by atoms with Crippen molar-refractivity contribution in [2.45, 2.75) is 178 Å². The van der Waals surface area contributed by atoms with Gasteiger partial charge in [0.2, 0.25) is 53.2 Å². The number of phenolic OH excluding ortho intramolecular Hbond substituents is 1. The monoisotopic (exact) mass is 1560 g/mol. The molecule has 5 aromatic rings. The molecule has 0 radical (unpaired) electrons. The summed E-state index contributed by atoms with van der Waals surface area (Å²) in [6.45, 7) is 3.00. The first-order valence-corrected chi connectivity index (χ1v) is 36.0. The number of aromatic amines is 2. The lowest BCUT2D eigenvalue weighted by Gasteiger charge is -2.29. The number of amides is 9. The molecule has 36 heteroatoms. The zero-order chi connectivity index (χ0) is 82.5. The number of hydrogen-bond acceptors (Lipinski definition) is 21. The third-order valence-electron chi connectivity index (χ3n) is 18.2. The van der Waals surface area contributed by atoms with Crippen LogP contribution in [0.15, 0.2) is 103 Å². The quantitative estimate of drug-likeness (QED) is 0.0180. The second-order valence-corrected chi connectivity index (χ2v) is 27.4. The Bertz CT molecular complexity index is 4350. The Kier molecular flexibility index (Phi) is 34.0. The van der Waals surface area contributed by atoms with E-state index in [0.29, 0.717) is 34.1 Å². The maximum atomic E-state index is 15.4. The predicted molar refractivity (Wildman–Crippen MR) is 395 cm³/mol. The standard InChI is InChI=1S/C76H93N11O25/c1-39(2)15-9-7-5-4-6-8-10-16-48(90)28-46(38-88)70(105)86-64-40(3)112-76(111)43(27-44-35-78-51-19-13-11-17-49(44)51)31-57(91)53(25-26-60(94)95)81-75(110)66(67(102)68(77)103)85-59(93)37-80-71(106)56(34-63(100)101)84-74(109)65(41-21-23-47(89)24-22-41)87-69(104)42(32-61(96)97)30-58(92)54(33-62(98)99)82-72(107)55(83-73(64)108)29-45-36-79-52-20-14-12-18-50(45)52/h10-14,16-24,27,35-36,39-40,42,46,53-56,64-67,78-79,88-89,102H,4-9,15,25-26,28-34,37-38H2,1-3H3,(H2,77,103)(H,80,106)(H,81,110)(H,82,107)(H,83,108)(H,84,109)(H,85,93)(H,86,105)(H,87,104)(H,94,95)(H,96,97)(H,98,99)(H,100,101)/b16-10+,43-27+/t40-,42+,46+,53-,54+,55-,56+,64+,65-,66-,67+/m1/s1. The molecule has 1 aliphatic heterocycles. The van der Waals surface area contributed by atoms with Gasteiger partial charge in [-0.1, -0.05) is 101 Å². The number of nitrogens with two attached hydrogens (primary N) is 1. The molecule has 0 saturated carbocycles. The van der Waals surface area contributed by atoms with Gasteiger partial charge in [-0.3, -0.25) is 76.7 Å². The third-order valence-corrected chi connectivity index (χ3v) is 18.2. The number of esters is 1. The van der Waals surface area contributed by atoms with E-state index in [2.05, 4.69) is 55.7 Å². The number of para-hydroxylation sites is 2. The molecule has 11 atom stereocenters. The maximum Gasteiger partial charge on any atom is 0.334 e. The average molecular weight is 1560 g/mol. The molecule has 36 nitrogen and oxygen atoms in total. The maximum absolute atomic E-state index is 15.4. The number of unbranched alkanes of at least 4 members (excludes halogenated alkanes) is 5. The van der Waals surface area contributed by atoms with Crippen molar-refractivity contribution in [2.75, 3.05) is 13.2 Å². The number of phenols is 1. The number of hydrogen-bond donors (Lipinski definition) is 18. The number of primary amides is 1. The van der Waals surface area contributed by atoms with Crippen LogP contribution >= 0.6 is 0 Å². The van der Waals surface area contributed by atoms with Crippen LogP contribution in [0.5, 0.6) is 5.75 Å². The lowest BCUT2D eigenvalue weighted by Crippen LogP contribution is -2.60. The third kappa shape index (κ3) is 27.6. The van der Waals surface area contributed by atoms with E-state index in [1.807, 2.05) is 10.6 Å². The van der Waals surface area contributed by atoms with Gasteiger partial charge in [0, 0.05) is 77.4 Å². The largest absolute Gasteiger partial charge is 0.508 e. The van der Waals surface area contributed by atoms with Gasteiger partial charge in [-0.2, -0.15) is 0 Å². The van der Waals surface area contributed by atoms with Crippen molar-refractivity contribution in [3.05, 3.63) is 120 Å². The summed E-state index contributed by atoms with van der Waals surface area (Å²) in [5, 5.41) is 90.4. The molecule has 602 valence electrons. The Labute approximate surface area is 640 Å². The number of carboxylic acid groups (broad SMARTS) is 4. The number of carbonyl (C=O) groups is 17. The van der Waals surface area contributed by atoms with E-state index in [1.165, 1.54) is 18.5 Å². The van der Waals surface area contributed by atoms with Gasteiger partial charge in [-0.25, -0.2) is 4.79 Å². The van der Waals surface area contributed by atoms with Crippen LogP contribution in [0.3, 0.4) is 0 Å². The van der Waals surface area contributed by atoms with Gasteiger partial charge in [0.25, 0.3) is 0 Å². The summed E-state index contributed by atoms with van der Waals surface area (Å²) in [5.41, 5.74) is 5.84. The molecule has 1 saturated heterocycles. The van der Waals surface area contributed by atoms with Gasteiger partial charge in [0.1, 0.15) is 42.1 Å². The summed E-state index contributed by atoms with van der Waals surface area (Å²) in [4.78, 5) is 242. The zero-order valence-electron chi connectivity index (χ0n) is 61.5. The fraction of sp³-hybridized carbons (Fsp3) is 0.434. The molecule has 112 heavy (non-hydrogen) atoms.